The molecule has 8 heteroatoms. The van der Waals surface area contributed by atoms with Crippen LogP contribution in [0.25, 0.3) is 11.5 Å². The maximum Gasteiger partial charge on any atom is 0.257 e. The first kappa shape index (κ1) is 22.4. The van der Waals surface area contributed by atoms with E-state index in [0.29, 0.717) is 19.0 Å². The van der Waals surface area contributed by atoms with Crippen molar-refractivity contribution in [1.29, 1.82) is 0 Å². The molecule has 3 rings (SSSR count). The van der Waals surface area contributed by atoms with Gasteiger partial charge in [-0.25, -0.2) is 4.99 Å². The third kappa shape index (κ3) is 6.59. The van der Waals surface area contributed by atoms with Gasteiger partial charge in [0, 0.05) is 25.1 Å². The monoisotopic (exact) mass is 511 g/mol. The standard InChI is InChI=1S/C20H25N5OS.HI/c1-3-6-18-24-19(26-25-18)17-8-5-7-15(11-17)12-22-20(21-4-2)23-13-16-9-10-27-14-16;/h5,7-11,14H,3-4,6,12-13H2,1-2H3,(H2,21,22,23);1H. The maximum atomic E-state index is 5.39. The summed E-state index contributed by atoms with van der Waals surface area (Å²) in [7, 11) is 0. The minimum atomic E-state index is 0. The van der Waals surface area contributed by atoms with E-state index >= 15 is 0 Å². The lowest BCUT2D eigenvalue weighted by Crippen LogP contribution is -2.36. The maximum absolute atomic E-state index is 5.39. The number of halogens is 1. The summed E-state index contributed by atoms with van der Waals surface area (Å²) in [6.45, 7) is 6.31. The van der Waals surface area contributed by atoms with Gasteiger partial charge in [0.25, 0.3) is 5.89 Å². The Morgan fingerprint density at radius 1 is 1.18 bits per heavy atom. The van der Waals surface area contributed by atoms with Crippen LogP contribution in [0, 0.1) is 0 Å². The quantitative estimate of drug-likeness (QED) is 0.262. The molecule has 0 aliphatic rings. The zero-order valence-corrected chi connectivity index (χ0v) is 19.3. The van der Waals surface area contributed by atoms with Crippen LogP contribution in [0.2, 0.25) is 0 Å². The fourth-order valence-electron chi connectivity index (χ4n) is 2.59. The van der Waals surface area contributed by atoms with Crippen LogP contribution < -0.4 is 10.6 Å². The molecule has 0 spiro atoms. The van der Waals surface area contributed by atoms with Crippen molar-refractivity contribution in [3.8, 4) is 11.5 Å². The van der Waals surface area contributed by atoms with E-state index in [1.165, 1.54) is 5.56 Å². The molecule has 0 saturated heterocycles. The van der Waals surface area contributed by atoms with Gasteiger partial charge in [0.05, 0.1) is 6.54 Å². The number of rotatable bonds is 8. The highest BCUT2D eigenvalue weighted by atomic mass is 127. The van der Waals surface area contributed by atoms with Gasteiger partial charge in [-0.2, -0.15) is 16.3 Å². The normalized spacial score (nSPS) is 11.1. The van der Waals surface area contributed by atoms with Crippen LogP contribution in [0.3, 0.4) is 0 Å². The number of guanidine groups is 1. The molecule has 0 radical (unpaired) electrons. The molecular formula is C20H26IN5OS. The lowest BCUT2D eigenvalue weighted by Gasteiger charge is -2.11. The van der Waals surface area contributed by atoms with Crippen LogP contribution in [0.15, 0.2) is 50.6 Å². The molecule has 1 aromatic carbocycles. The first-order valence-electron chi connectivity index (χ1n) is 9.23. The molecule has 0 bridgehead atoms. The van der Waals surface area contributed by atoms with Crippen molar-refractivity contribution in [3.05, 3.63) is 58.0 Å². The predicted molar refractivity (Wildman–Crippen MR) is 125 cm³/mol. The largest absolute Gasteiger partial charge is 0.357 e. The molecule has 3 aromatic rings. The van der Waals surface area contributed by atoms with Gasteiger partial charge < -0.3 is 15.2 Å². The van der Waals surface area contributed by atoms with E-state index in [0.717, 1.165) is 42.3 Å². The van der Waals surface area contributed by atoms with Gasteiger partial charge in [-0.1, -0.05) is 24.2 Å². The molecule has 6 nitrogen and oxygen atoms in total. The van der Waals surface area contributed by atoms with E-state index in [-0.39, 0.29) is 24.0 Å². The minimum Gasteiger partial charge on any atom is -0.357 e. The average Bonchev–Trinajstić information content (AvgIpc) is 3.37. The van der Waals surface area contributed by atoms with Gasteiger partial charge >= 0.3 is 0 Å². The number of aliphatic imine (C=N–C) groups is 1. The molecule has 0 fully saturated rings. The first-order chi connectivity index (χ1) is 13.3. The van der Waals surface area contributed by atoms with Crippen molar-refractivity contribution in [3.63, 3.8) is 0 Å². The van der Waals surface area contributed by atoms with Crippen LogP contribution in [-0.2, 0) is 19.5 Å². The number of nitrogens with one attached hydrogen (secondary N) is 2. The van der Waals surface area contributed by atoms with E-state index in [4.69, 9.17) is 4.52 Å². The Morgan fingerprint density at radius 2 is 2.07 bits per heavy atom. The van der Waals surface area contributed by atoms with E-state index < -0.39 is 0 Å². The topological polar surface area (TPSA) is 75.3 Å². The molecule has 0 aliphatic carbocycles. The number of hydrogen-bond donors (Lipinski definition) is 2. The van der Waals surface area contributed by atoms with Gasteiger partial charge in [0.15, 0.2) is 11.8 Å². The fraction of sp³-hybridized carbons (Fsp3) is 0.350. The van der Waals surface area contributed by atoms with Gasteiger partial charge in [-0.15, -0.1) is 24.0 Å². The predicted octanol–water partition coefficient (Wildman–Crippen LogP) is 4.62. The number of aromatic nitrogens is 2. The van der Waals surface area contributed by atoms with Gasteiger partial charge in [0.2, 0.25) is 0 Å². The second-order valence-electron chi connectivity index (χ2n) is 6.15. The third-order valence-corrected chi connectivity index (χ3v) is 4.65. The highest BCUT2D eigenvalue weighted by Crippen LogP contribution is 2.19. The zero-order valence-electron chi connectivity index (χ0n) is 16.1. The highest BCUT2D eigenvalue weighted by Gasteiger charge is 2.09. The van der Waals surface area contributed by atoms with Gasteiger partial charge in [-0.05, 0) is 53.4 Å². The average molecular weight is 511 g/mol. The molecule has 0 unspecified atom stereocenters. The summed E-state index contributed by atoms with van der Waals surface area (Å²) in [6.07, 6.45) is 1.83. The van der Waals surface area contributed by atoms with Crippen molar-refractivity contribution in [1.82, 2.24) is 20.8 Å². The second-order valence-corrected chi connectivity index (χ2v) is 6.93. The van der Waals surface area contributed by atoms with Crippen LogP contribution in [0.1, 0.15) is 37.2 Å². The molecule has 0 amide bonds. The SMILES string of the molecule is CCCc1noc(-c2cccc(CNC(=NCc3ccsc3)NCC)c2)n1.I. The summed E-state index contributed by atoms with van der Waals surface area (Å²) < 4.78 is 5.39. The van der Waals surface area contributed by atoms with E-state index in [1.54, 1.807) is 11.3 Å². The molecule has 2 heterocycles. The summed E-state index contributed by atoms with van der Waals surface area (Å²) in [5, 5.41) is 14.9. The number of aryl methyl sites for hydroxylation is 1. The molecular weight excluding hydrogens is 485 g/mol. The van der Waals surface area contributed by atoms with E-state index in [2.05, 4.69) is 68.6 Å². The zero-order chi connectivity index (χ0) is 18.9. The Kier molecular flexibility index (Phi) is 9.42. The molecule has 2 N–H and O–H groups in total. The molecule has 28 heavy (non-hydrogen) atoms. The number of hydrogen-bond acceptors (Lipinski definition) is 5. The Bertz CT molecular complexity index is 863. The van der Waals surface area contributed by atoms with Crippen molar-refractivity contribution >= 4 is 41.3 Å². The van der Waals surface area contributed by atoms with Gasteiger partial charge in [0.1, 0.15) is 0 Å². The summed E-state index contributed by atoms with van der Waals surface area (Å²) >= 11 is 1.69. The molecule has 0 atom stereocenters. The highest BCUT2D eigenvalue weighted by molar-refractivity contribution is 14.0. The Hall–Kier alpha value is -1.94. The fourth-order valence-corrected chi connectivity index (χ4v) is 3.25. The third-order valence-electron chi connectivity index (χ3n) is 3.92. The first-order valence-corrected chi connectivity index (χ1v) is 10.2. The Balaban J connectivity index is 0.00000280. The summed E-state index contributed by atoms with van der Waals surface area (Å²) in [6, 6.07) is 10.2. The van der Waals surface area contributed by atoms with E-state index in [9.17, 15) is 0 Å². The molecule has 2 aromatic heterocycles. The molecule has 0 saturated carbocycles. The summed E-state index contributed by atoms with van der Waals surface area (Å²) in [5.74, 6) is 2.13. The van der Waals surface area contributed by atoms with Crippen molar-refractivity contribution < 1.29 is 4.52 Å². The number of thiophene rings is 1. The summed E-state index contributed by atoms with van der Waals surface area (Å²) in [4.78, 5) is 9.10. The van der Waals surface area contributed by atoms with Crippen LogP contribution >= 0.6 is 35.3 Å². The minimum absolute atomic E-state index is 0. The van der Waals surface area contributed by atoms with Crippen molar-refractivity contribution in [2.45, 2.75) is 39.8 Å². The van der Waals surface area contributed by atoms with Crippen LogP contribution in [0.5, 0.6) is 0 Å². The van der Waals surface area contributed by atoms with Crippen molar-refractivity contribution in [2.24, 2.45) is 4.99 Å². The number of nitrogens with zero attached hydrogens (tertiary/aromatic N) is 3. The number of benzene rings is 1. The Labute approximate surface area is 186 Å². The lowest BCUT2D eigenvalue weighted by atomic mass is 10.1. The summed E-state index contributed by atoms with van der Waals surface area (Å²) in [5.41, 5.74) is 3.28. The lowest BCUT2D eigenvalue weighted by molar-refractivity contribution is 0.422. The van der Waals surface area contributed by atoms with E-state index in [1.807, 2.05) is 12.1 Å². The van der Waals surface area contributed by atoms with Crippen LogP contribution in [0.4, 0.5) is 0 Å². The molecule has 150 valence electrons. The van der Waals surface area contributed by atoms with Gasteiger partial charge in [-0.3, -0.25) is 0 Å². The van der Waals surface area contributed by atoms with Crippen molar-refractivity contribution in [2.75, 3.05) is 6.54 Å². The smallest absolute Gasteiger partial charge is 0.257 e. The Morgan fingerprint density at radius 3 is 2.82 bits per heavy atom. The second kappa shape index (κ2) is 11.8. The molecule has 0 aliphatic heterocycles. The van der Waals surface area contributed by atoms with Crippen LogP contribution in [-0.4, -0.2) is 22.6 Å².